The Balaban J connectivity index is 1.69. The van der Waals surface area contributed by atoms with E-state index in [0.717, 1.165) is 29.8 Å². The highest BCUT2D eigenvalue weighted by Gasteiger charge is 2.21. The molecule has 1 saturated carbocycles. The van der Waals surface area contributed by atoms with Crippen LogP contribution in [0.4, 0.5) is 10.7 Å². The van der Waals surface area contributed by atoms with E-state index in [9.17, 15) is 4.79 Å². The fourth-order valence-corrected chi connectivity index (χ4v) is 4.26. The number of hydrogen-bond donors (Lipinski definition) is 2. The maximum absolute atomic E-state index is 10.9. The lowest BCUT2D eigenvalue weighted by molar-refractivity contribution is 0.144. The smallest absolute Gasteiger partial charge is 0.449 e. The Morgan fingerprint density at radius 1 is 1.17 bits per heavy atom. The summed E-state index contributed by atoms with van der Waals surface area (Å²) in [6, 6.07) is 14.2. The van der Waals surface area contributed by atoms with Crippen LogP contribution < -0.4 is 10.1 Å². The molecule has 3 aromatic rings. The van der Waals surface area contributed by atoms with Gasteiger partial charge in [0.2, 0.25) is 5.95 Å². The molecule has 2 N–H and O–H groups in total. The lowest BCUT2D eigenvalue weighted by Gasteiger charge is -2.20. The number of aromatic nitrogens is 2. The second kappa shape index (κ2) is 8.55. The van der Waals surface area contributed by atoms with Crippen LogP contribution in [0.1, 0.15) is 55.7 Å². The van der Waals surface area contributed by atoms with Crippen LogP contribution in [0.3, 0.4) is 0 Å². The van der Waals surface area contributed by atoms with Crippen molar-refractivity contribution in [2.24, 2.45) is 0 Å². The van der Waals surface area contributed by atoms with Crippen LogP contribution in [-0.2, 0) is 6.54 Å². The SMILES string of the molecule is Cc1cccc(CNc2nc3cc(OC(=O)O)ccc3n2C2CCCCCC2)c1. The van der Waals surface area contributed by atoms with Gasteiger partial charge in [-0.2, -0.15) is 0 Å². The van der Waals surface area contributed by atoms with E-state index in [-0.39, 0.29) is 0 Å². The van der Waals surface area contributed by atoms with Crippen molar-refractivity contribution in [1.29, 1.82) is 0 Å². The van der Waals surface area contributed by atoms with E-state index in [4.69, 9.17) is 14.8 Å². The molecular formula is C23H27N3O3. The Bertz CT molecular complexity index is 1000. The molecule has 1 fully saturated rings. The first-order valence-corrected chi connectivity index (χ1v) is 10.3. The van der Waals surface area contributed by atoms with E-state index in [1.54, 1.807) is 12.1 Å². The van der Waals surface area contributed by atoms with Gasteiger partial charge in [0.15, 0.2) is 0 Å². The number of nitrogens with zero attached hydrogens (tertiary/aromatic N) is 2. The molecular weight excluding hydrogens is 366 g/mol. The number of aryl methyl sites for hydroxylation is 1. The van der Waals surface area contributed by atoms with Crippen LogP contribution in [0.25, 0.3) is 11.0 Å². The van der Waals surface area contributed by atoms with Crippen molar-refractivity contribution in [2.45, 2.75) is 58.0 Å². The van der Waals surface area contributed by atoms with E-state index >= 15 is 0 Å². The molecule has 29 heavy (non-hydrogen) atoms. The second-order valence-corrected chi connectivity index (χ2v) is 7.81. The minimum Gasteiger partial charge on any atom is -0.449 e. The molecule has 0 amide bonds. The number of fused-ring (bicyclic) bond motifs is 1. The van der Waals surface area contributed by atoms with Gasteiger partial charge < -0.3 is 19.7 Å². The first kappa shape index (κ1) is 19.3. The first-order valence-electron chi connectivity index (χ1n) is 10.3. The van der Waals surface area contributed by atoms with Gasteiger partial charge in [0.25, 0.3) is 0 Å². The molecule has 6 heteroatoms. The van der Waals surface area contributed by atoms with Crippen molar-refractivity contribution in [1.82, 2.24) is 9.55 Å². The Morgan fingerprint density at radius 2 is 1.97 bits per heavy atom. The van der Waals surface area contributed by atoms with Crippen molar-refractivity contribution in [3.8, 4) is 5.75 Å². The number of anilines is 1. The van der Waals surface area contributed by atoms with Crippen LogP contribution in [-0.4, -0.2) is 20.8 Å². The number of rotatable bonds is 5. The summed E-state index contributed by atoms with van der Waals surface area (Å²) in [7, 11) is 0. The second-order valence-electron chi connectivity index (χ2n) is 7.81. The maximum Gasteiger partial charge on any atom is 0.511 e. The fourth-order valence-electron chi connectivity index (χ4n) is 4.26. The largest absolute Gasteiger partial charge is 0.511 e. The molecule has 0 aliphatic heterocycles. The van der Waals surface area contributed by atoms with E-state index in [2.05, 4.69) is 41.1 Å². The highest BCUT2D eigenvalue weighted by atomic mass is 16.7. The van der Waals surface area contributed by atoms with Crippen molar-refractivity contribution >= 4 is 23.1 Å². The third-order valence-corrected chi connectivity index (χ3v) is 5.59. The summed E-state index contributed by atoms with van der Waals surface area (Å²) in [5.41, 5.74) is 4.21. The average molecular weight is 393 g/mol. The van der Waals surface area contributed by atoms with Gasteiger partial charge in [-0.15, -0.1) is 0 Å². The third kappa shape index (κ3) is 4.53. The zero-order chi connectivity index (χ0) is 20.2. The number of hydrogen-bond acceptors (Lipinski definition) is 4. The van der Waals surface area contributed by atoms with Crippen molar-refractivity contribution in [2.75, 3.05) is 5.32 Å². The van der Waals surface area contributed by atoms with Crippen molar-refractivity contribution in [3.63, 3.8) is 0 Å². The monoisotopic (exact) mass is 393 g/mol. The maximum atomic E-state index is 10.9. The first-order chi connectivity index (χ1) is 14.1. The van der Waals surface area contributed by atoms with Crippen LogP contribution in [0.5, 0.6) is 5.75 Å². The summed E-state index contributed by atoms with van der Waals surface area (Å²) >= 11 is 0. The summed E-state index contributed by atoms with van der Waals surface area (Å²) in [4.78, 5) is 15.7. The molecule has 0 unspecified atom stereocenters. The lowest BCUT2D eigenvalue weighted by Crippen LogP contribution is -2.13. The van der Waals surface area contributed by atoms with Gasteiger partial charge >= 0.3 is 6.16 Å². The van der Waals surface area contributed by atoms with E-state index in [1.807, 2.05) is 6.07 Å². The Morgan fingerprint density at radius 3 is 2.69 bits per heavy atom. The van der Waals surface area contributed by atoms with Crippen molar-refractivity contribution < 1.29 is 14.6 Å². The molecule has 1 aliphatic carbocycles. The molecule has 2 aromatic carbocycles. The van der Waals surface area contributed by atoms with Gasteiger partial charge in [-0.1, -0.05) is 55.5 Å². The fraction of sp³-hybridized carbons (Fsp3) is 0.391. The molecule has 0 bridgehead atoms. The Hall–Kier alpha value is -3.02. The minimum atomic E-state index is -1.31. The van der Waals surface area contributed by atoms with Crippen LogP contribution in [0, 0.1) is 6.92 Å². The molecule has 0 radical (unpaired) electrons. The van der Waals surface area contributed by atoms with Gasteiger partial charge in [-0.3, -0.25) is 0 Å². The van der Waals surface area contributed by atoms with E-state index in [0.29, 0.717) is 18.3 Å². The molecule has 152 valence electrons. The van der Waals surface area contributed by atoms with Crippen LogP contribution in [0.2, 0.25) is 0 Å². The number of benzene rings is 2. The van der Waals surface area contributed by atoms with Gasteiger partial charge in [-0.25, -0.2) is 9.78 Å². The highest BCUT2D eigenvalue weighted by Crippen LogP contribution is 2.34. The molecule has 1 aliphatic rings. The summed E-state index contributed by atoms with van der Waals surface area (Å²) in [5, 5.41) is 12.4. The van der Waals surface area contributed by atoms with Gasteiger partial charge in [-0.05, 0) is 37.5 Å². The van der Waals surface area contributed by atoms with Crippen molar-refractivity contribution in [3.05, 3.63) is 53.6 Å². The Labute approximate surface area is 170 Å². The molecule has 6 nitrogen and oxygen atoms in total. The number of carboxylic acid groups (broad SMARTS) is 1. The summed E-state index contributed by atoms with van der Waals surface area (Å²) < 4.78 is 7.13. The predicted molar refractivity (Wildman–Crippen MR) is 114 cm³/mol. The molecule has 1 heterocycles. The highest BCUT2D eigenvalue weighted by molar-refractivity contribution is 5.81. The van der Waals surface area contributed by atoms with Gasteiger partial charge in [0.1, 0.15) is 5.75 Å². The van der Waals surface area contributed by atoms with Gasteiger partial charge in [0.05, 0.1) is 11.0 Å². The zero-order valence-corrected chi connectivity index (χ0v) is 16.7. The molecule has 4 rings (SSSR count). The Kier molecular flexibility index (Phi) is 5.69. The molecule has 1 aromatic heterocycles. The standard InChI is InChI=1S/C23H27N3O3/c1-16-7-6-8-17(13-16)15-24-22-25-20-14-19(29-23(27)28)11-12-21(20)26(22)18-9-4-2-3-5-10-18/h6-8,11-14,18H,2-5,9-10,15H2,1H3,(H,24,25)(H,27,28). The predicted octanol–water partition coefficient (Wildman–Crippen LogP) is 5.91. The molecule has 0 atom stereocenters. The summed E-state index contributed by atoms with van der Waals surface area (Å²) in [6.07, 6.45) is 5.97. The zero-order valence-electron chi connectivity index (χ0n) is 16.7. The summed E-state index contributed by atoms with van der Waals surface area (Å²) in [5.74, 6) is 1.13. The minimum absolute atomic E-state index is 0.292. The number of imidazole rings is 1. The molecule has 0 saturated heterocycles. The molecule has 0 spiro atoms. The average Bonchev–Trinajstić information content (AvgIpc) is 2.85. The number of nitrogens with one attached hydrogen (secondary N) is 1. The number of ether oxygens (including phenoxy) is 1. The van der Waals surface area contributed by atoms with Crippen LogP contribution >= 0.6 is 0 Å². The van der Waals surface area contributed by atoms with Crippen LogP contribution in [0.15, 0.2) is 42.5 Å². The lowest BCUT2D eigenvalue weighted by atomic mass is 10.1. The van der Waals surface area contributed by atoms with Gasteiger partial charge in [0, 0.05) is 18.7 Å². The summed E-state index contributed by atoms with van der Waals surface area (Å²) in [6.45, 7) is 2.78. The quantitative estimate of drug-likeness (QED) is 0.320. The van der Waals surface area contributed by atoms with E-state index < -0.39 is 6.16 Å². The third-order valence-electron chi connectivity index (χ3n) is 5.59. The topological polar surface area (TPSA) is 76.4 Å². The van der Waals surface area contributed by atoms with E-state index in [1.165, 1.54) is 36.8 Å². The number of carbonyl (C=O) groups is 1. The normalized spacial score (nSPS) is 15.2.